The number of carbonyl (C=O) groups is 1. The molecular formula is C24H23NO2. The molecule has 0 amide bonds. The normalized spacial score (nSPS) is 11.1. The average Bonchev–Trinajstić information content (AvgIpc) is 2.73. The second-order valence-corrected chi connectivity index (χ2v) is 6.40. The van der Waals surface area contributed by atoms with Gasteiger partial charge in [0.05, 0.1) is 12.7 Å². The van der Waals surface area contributed by atoms with Gasteiger partial charge < -0.3 is 10.1 Å². The fourth-order valence-corrected chi connectivity index (χ4v) is 2.82. The molecule has 0 spiro atoms. The molecule has 0 aliphatic carbocycles. The van der Waals surface area contributed by atoms with Crippen LogP contribution in [-0.2, 0) is 4.74 Å². The molecule has 136 valence electrons. The lowest BCUT2D eigenvalue weighted by molar-refractivity contribution is 0.0600. The van der Waals surface area contributed by atoms with Crippen molar-refractivity contribution in [1.82, 2.24) is 0 Å². The number of anilines is 1. The van der Waals surface area contributed by atoms with E-state index in [2.05, 4.69) is 54.7 Å². The van der Waals surface area contributed by atoms with Gasteiger partial charge in [0, 0.05) is 12.2 Å². The first-order valence-electron chi connectivity index (χ1n) is 8.90. The van der Waals surface area contributed by atoms with E-state index in [0.717, 1.165) is 17.8 Å². The number of rotatable bonds is 6. The average molecular weight is 357 g/mol. The van der Waals surface area contributed by atoms with Gasteiger partial charge in [0.25, 0.3) is 0 Å². The van der Waals surface area contributed by atoms with E-state index in [0.29, 0.717) is 5.56 Å². The van der Waals surface area contributed by atoms with E-state index in [1.165, 1.54) is 23.8 Å². The van der Waals surface area contributed by atoms with E-state index in [1.54, 1.807) is 12.1 Å². The number of methoxy groups -OCH3 is 1. The molecule has 0 heterocycles. The van der Waals surface area contributed by atoms with E-state index < -0.39 is 0 Å². The van der Waals surface area contributed by atoms with Crippen LogP contribution in [0.15, 0.2) is 84.4 Å². The summed E-state index contributed by atoms with van der Waals surface area (Å²) in [5.74, 6) is -0.317. The Hall–Kier alpha value is -3.33. The molecule has 0 radical (unpaired) electrons. The van der Waals surface area contributed by atoms with E-state index in [9.17, 15) is 4.79 Å². The summed E-state index contributed by atoms with van der Waals surface area (Å²) in [7, 11) is 1.39. The number of hydrogen-bond donors (Lipinski definition) is 1. The molecule has 3 aromatic rings. The fourth-order valence-electron chi connectivity index (χ4n) is 2.82. The quantitative estimate of drug-likeness (QED) is 0.579. The van der Waals surface area contributed by atoms with E-state index in [4.69, 9.17) is 4.74 Å². The van der Waals surface area contributed by atoms with Crippen LogP contribution in [-0.4, -0.2) is 19.6 Å². The summed E-state index contributed by atoms with van der Waals surface area (Å²) in [5, 5.41) is 3.44. The summed E-state index contributed by atoms with van der Waals surface area (Å²) in [5.41, 5.74) is 6.33. The summed E-state index contributed by atoms with van der Waals surface area (Å²) in [4.78, 5) is 11.5. The lowest BCUT2D eigenvalue weighted by Gasteiger charge is -2.09. The maximum Gasteiger partial charge on any atom is 0.337 e. The Bertz CT molecular complexity index is 911. The van der Waals surface area contributed by atoms with Gasteiger partial charge in [-0.25, -0.2) is 4.79 Å². The molecule has 0 bridgehead atoms. The molecule has 0 atom stereocenters. The molecule has 0 unspecified atom stereocenters. The van der Waals surface area contributed by atoms with Crippen LogP contribution >= 0.6 is 0 Å². The number of hydrogen-bond acceptors (Lipinski definition) is 3. The van der Waals surface area contributed by atoms with Gasteiger partial charge in [-0.3, -0.25) is 0 Å². The van der Waals surface area contributed by atoms with E-state index in [-0.39, 0.29) is 5.97 Å². The largest absolute Gasteiger partial charge is 0.465 e. The molecule has 1 N–H and O–H groups in total. The Morgan fingerprint density at radius 1 is 0.889 bits per heavy atom. The van der Waals surface area contributed by atoms with Crippen LogP contribution in [0.3, 0.4) is 0 Å². The van der Waals surface area contributed by atoms with Crippen LogP contribution < -0.4 is 5.32 Å². The van der Waals surface area contributed by atoms with E-state index >= 15 is 0 Å². The van der Waals surface area contributed by atoms with Crippen molar-refractivity contribution in [2.45, 2.75) is 6.92 Å². The Morgan fingerprint density at radius 2 is 1.52 bits per heavy atom. The molecule has 27 heavy (non-hydrogen) atoms. The zero-order chi connectivity index (χ0) is 19.1. The van der Waals surface area contributed by atoms with Gasteiger partial charge in [-0.2, -0.15) is 0 Å². The Labute approximate surface area is 160 Å². The van der Waals surface area contributed by atoms with Crippen molar-refractivity contribution in [3.05, 3.63) is 95.6 Å². The highest BCUT2D eigenvalue weighted by Gasteiger charge is 2.03. The highest BCUT2D eigenvalue weighted by molar-refractivity contribution is 5.89. The number of benzene rings is 3. The molecule has 3 heteroatoms. The number of nitrogens with one attached hydrogen (secondary N) is 1. The van der Waals surface area contributed by atoms with Crippen LogP contribution in [0.1, 0.15) is 22.8 Å². The third-order valence-electron chi connectivity index (χ3n) is 4.31. The molecule has 0 fully saturated rings. The Kier molecular flexibility index (Phi) is 6.06. The van der Waals surface area contributed by atoms with Crippen molar-refractivity contribution < 1.29 is 9.53 Å². The van der Waals surface area contributed by atoms with Gasteiger partial charge in [-0.15, -0.1) is 0 Å². The minimum absolute atomic E-state index is 0.317. The van der Waals surface area contributed by atoms with Gasteiger partial charge in [0.1, 0.15) is 0 Å². The molecule has 0 aliphatic heterocycles. The van der Waals surface area contributed by atoms with Gasteiger partial charge >= 0.3 is 5.97 Å². The molecule has 3 rings (SSSR count). The first-order chi connectivity index (χ1) is 13.2. The predicted octanol–water partition coefficient (Wildman–Crippen LogP) is 5.66. The maximum atomic E-state index is 11.5. The van der Waals surface area contributed by atoms with Crippen LogP contribution in [0.5, 0.6) is 0 Å². The van der Waals surface area contributed by atoms with Crippen LogP contribution in [0.4, 0.5) is 5.69 Å². The monoisotopic (exact) mass is 357 g/mol. The molecule has 0 aliphatic rings. The summed E-state index contributed by atoms with van der Waals surface area (Å²) >= 11 is 0. The van der Waals surface area contributed by atoms with Crippen molar-refractivity contribution in [2.75, 3.05) is 19.0 Å². The minimum Gasteiger partial charge on any atom is -0.465 e. The van der Waals surface area contributed by atoms with Crippen LogP contribution in [0.2, 0.25) is 0 Å². The second-order valence-electron chi connectivity index (χ2n) is 6.40. The zero-order valence-electron chi connectivity index (χ0n) is 15.6. The van der Waals surface area contributed by atoms with Crippen LogP contribution in [0.25, 0.3) is 17.2 Å². The smallest absolute Gasteiger partial charge is 0.337 e. The molecule has 0 aromatic heterocycles. The number of ether oxygens (including phenoxy) is 1. The first kappa shape index (κ1) is 18.5. The van der Waals surface area contributed by atoms with E-state index in [1.807, 2.05) is 30.3 Å². The molecule has 0 saturated carbocycles. The maximum absolute atomic E-state index is 11.5. The summed E-state index contributed by atoms with van der Waals surface area (Å²) < 4.78 is 4.72. The van der Waals surface area contributed by atoms with Gasteiger partial charge in [0.15, 0.2) is 0 Å². The van der Waals surface area contributed by atoms with Crippen LogP contribution in [0, 0.1) is 0 Å². The Balaban J connectivity index is 1.59. The molecule has 3 nitrogen and oxygen atoms in total. The minimum atomic E-state index is -0.317. The van der Waals surface area contributed by atoms with Gasteiger partial charge in [0.2, 0.25) is 0 Å². The molecule has 3 aromatic carbocycles. The lowest BCUT2D eigenvalue weighted by atomic mass is 10.1. The molecule has 0 saturated heterocycles. The lowest BCUT2D eigenvalue weighted by Crippen LogP contribution is -2.02. The third kappa shape index (κ3) is 5.08. The SMILES string of the molecule is COC(=O)c1ccc(C=C(C)CNc2ccc(-c3ccccc3)cc2)cc1. The number of esters is 1. The summed E-state index contributed by atoms with van der Waals surface area (Å²) in [6, 6.07) is 26.2. The van der Waals surface area contributed by atoms with Crippen molar-refractivity contribution in [3.8, 4) is 11.1 Å². The van der Waals surface area contributed by atoms with Crippen molar-refractivity contribution in [1.29, 1.82) is 0 Å². The first-order valence-corrected chi connectivity index (χ1v) is 8.90. The molecular weight excluding hydrogens is 334 g/mol. The second kappa shape index (κ2) is 8.86. The fraction of sp³-hybridized carbons (Fsp3) is 0.125. The van der Waals surface area contributed by atoms with Gasteiger partial charge in [-0.1, -0.05) is 66.2 Å². The highest BCUT2D eigenvalue weighted by Crippen LogP contribution is 2.21. The standard InChI is InChI=1S/C24H23NO2/c1-18(16-19-8-10-22(11-9-19)24(26)27-2)17-25-23-14-12-21(13-15-23)20-6-4-3-5-7-20/h3-16,25H,17H2,1-2H3. The highest BCUT2D eigenvalue weighted by atomic mass is 16.5. The third-order valence-corrected chi connectivity index (χ3v) is 4.31. The summed E-state index contributed by atoms with van der Waals surface area (Å²) in [6.45, 7) is 2.84. The summed E-state index contributed by atoms with van der Waals surface area (Å²) in [6.07, 6.45) is 2.10. The van der Waals surface area contributed by atoms with Crippen molar-refractivity contribution >= 4 is 17.7 Å². The van der Waals surface area contributed by atoms with Gasteiger partial charge in [-0.05, 0) is 47.9 Å². The number of carbonyl (C=O) groups excluding carboxylic acids is 1. The Morgan fingerprint density at radius 3 is 2.15 bits per heavy atom. The predicted molar refractivity (Wildman–Crippen MR) is 112 cm³/mol. The topological polar surface area (TPSA) is 38.3 Å². The van der Waals surface area contributed by atoms with Crippen molar-refractivity contribution in [2.24, 2.45) is 0 Å². The zero-order valence-corrected chi connectivity index (χ0v) is 15.6. The van der Waals surface area contributed by atoms with Crippen molar-refractivity contribution in [3.63, 3.8) is 0 Å².